The molecule has 4 aromatic carbocycles. The second kappa shape index (κ2) is 13.1. The molecule has 0 aliphatic carbocycles. The zero-order valence-corrected chi connectivity index (χ0v) is 27.6. The number of hydrogen-bond donors (Lipinski definition) is 3. The molecule has 0 fully saturated rings. The minimum absolute atomic E-state index is 0. The fraction of sp³-hybridized carbons (Fsp3) is 0.120. The fourth-order valence-corrected chi connectivity index (χ4v) is 6.50. The Bertz CT molecular complexity index is 2150. The molecule has 19 heteroatoms. The van der Waals surface area contributed by atoms with Crippen molar-refractivity contribution >= 4 is 63.5 Å². The molecule has 0 saturated heterocycles. The zero-order valence-electron chi connectivity index (χ0n) is 24.2. The molecule has 0 radical (unpaired) electrons. The van der Waals surface area contributed by atoms with Gasteiger partial charge in [0, 0.05) is 35.2 Å². The Labute approximate surface area is 275 Å². The monoisotopic (exact) mass is 674 g/mol. The Morgan fingerprint density at radius 1 is 0.932 bits per heavy atom. The summed E-state index contributed by atoms with van der Waals surface area (Å²) in [6.07, 6.45) is 0.831. The summed E-state index contributed by atoms with van der Waals surface area (Å²) in [5.41, 5.74) is -0.997. The van der Waals surface area contributed by atoms with E-state index in [4.69, 9.17) is 4.74 Å². The molecule has 0 amide bonds. The Morgan fingerprint density at radius 2 is 1.57 bits per heavy atom. The van der Waals surface area contributed by atoms with E-state index in [-0.39, 0.29) is 76.9 Å². The third-order valence-corrected chi connectivity index (χ3v) is 9.19. The number of nitrogens with one attached hydrogen (secondary N) is 1. The van der Waals surface area contributed by atoms with Gasteiger partial charge in [-0.05, 0) is 37.3 Å². The van der Waals surface area contributed by atoms with Gasteiger partial charge in [0.2, 0.25) is 0 Å². The molecule has 0 aliphatic rings. The van der Waals surface area contributed by atoms with E-state index < -0.39 is 55.3 Å². The van der Waals surface area contributed by atoms with Gasteiger partial charge in [-0.3, -0.25) is 19.4 Å². The van der Waals surface area contributed by atoms with E-state index in [9.17, 15) is 45.0 Å². The molecule has 0 spiro atoms. The van der Waals surface area contributed by atoms with E-state index in [1.165, 1.54) is 24.3 Å². The maximum Gasteiger partial charge on any atom is 1.00 e. The number of benzene rings is 4. The van der Waals surface area contributed by atoms with Crippen molar-refractivity contribution in [2.24, 2.45) is 10.2 Å². The molecule has 0 unspecified atom stereocenters. The van der Waals surface area contributed by atoms with Crippen LogP contribution in [-0.4, -0.2) is 52.7 Å². The fourth-order valence-electron chi connectivity index (χ4n) is 3.96. The summed E-state index contributed by atoms with van der Waals surface area (Å²) >= 11 is 0. The standard InChI is InChI=1S/C25H22N4O11S3.Na.H/c1-3-40-22-14-21(27-26-19-11-10-15(29(31)32)12-23(19)41(2,33)34)24-18(25(22)30)8-5-9-20(24)28-42(35,36)16-6-4-7-17(13-16)43(37,38)39;;/h4-14,28,30H,3H2,1-2H3,(H,37,38,39);;/q;+1;-1. The molecule has 3 N–H and O–H groups in total. The normalized spacial score (nSPS) is 12.2. The SMILES string of the molecule is CCOc1cc(N=Nc2ccc([N+](=O)[O-])cc2S(C)(=O)=O)c2c(NS(=O)(=O)c3cccc(S(=O)(=O)O)c3)cccc2c1O.[H-].[Na+]. The Kier molecular flexibility index (Phi) is 10.4. The average Bonchev–Trinajstić information content (AvgIpc) is 2.93. The van der Waals surface area contributed by atoms with Gasteiger partial charge in [-0.15, -0.1) is 10.2 Å². The molecule has 0 atom stereocenters. The molecule has 0 saturated carbocycles. The molecular weight excluding hydrogens is 651 g/mol. The number of ether oxygens (including phenoxy) is 1. The zero-order chi connectivity index (χ0) is 31.7. The van der Waals surface area contributed by atoms with E-state index in [1.807, 2.05) is 0 Å². The van der Waals surface area contributed by atoms with Gasteiger partial charge >= 0.3 is 29.6 Å². The predicted molar refractivity (Wildman–Crippen MR) is 155 cm³/mol. The van der Waals surface area contributed by atoms with Crippen molar-refractivity contribution in [1.82, 2.24) is 0 Å². The van der Waals surface area contributed by atoms with Crippen molar-refractivity contribution in [3.05, 3.63) is 76.8 Å². The number of nitrogens with zero attached hydrogens (tertiary/aromatic N) is 3. The minimum Gasteiger partial charge on any atom is -1.00 e. The van der Waals surface area contributed by atoms with Crippen molar-refractivity contribution in [2.75, 3.05) is 17.6 Å². The summed E-state index contributed by atoms with van der Waals surface area (Å²) in [5.74, 6) is -0.436. The number of fused-ring (bicyclic) bond motifs is 1. The van der Waals surface area contributed by atoms with E-state index in [0.717, 1.165) is 48.7 Å². The van der Waals surface area contributed by atoms with Crippen molar-refractivity contribution in [3.8, 4) is 11.5 Å². The molecular formula is C25H23N4NaO11S3. The van der Waals surface area contributed by atoms with Crippen LogP contribution < -0.4 is 39.0 Å². The number of phenols is 1. The van der Waals surface area contributed by atoms with Crippen molar-refractivity contribution in [2.45, 2.75) is 21.6 Å². The summed E-state index contributed by atoms with van der Waals surface area (Å²) in [7, 11) is -13.2. The number of sulfone groups is 1. The van der Waals surface area contributed by atoms with Crippen LogP contribution >= 0.6 is 0 Å². The molecule has 4 aromatic rings. The molecule has 0 bridgehead atoms. The first-order valence-electron chi connectivity index (χ1n) is 11.9. The van der Waals surface area contributed by atoms with E-state index >= 15 is 0 Å². The van der Waals surface area contributed by atoms with Crippen molar-refractivity contribution in [3.63, 3.8) is 0 Å². The van der Waals surface area contributed by atoms with Crippen LogP contribution in [0.2, 0.25) is 0 Å². The molecule has 15 nitrogen and oxygen atoms in total. The third-order valence-electron chi connectivity index (χ3n) is 5.85. The summed E-state index contributed by atoms with van der Waals surface area (Å²) in [4.78, 5) is 8.75. The number of hydrogen-bond acceptors (Lipinski definition) is 12. The maximum atomic E-state index is 13.3. The van der Waals surface area contributed by atoms with Crippen molar-refractivity contribution < 1.29 is 75.6 Å². The first-order valence-corrected chi connectivity index (χ1v) is 16.8. The van der Waals surface area contributed by atoms with Crippen LogP contribution in [0.1, 0.15) is 8.35 Å². The number of rotatable bonds is 10. The van der Waals surface area contributed by atoms with Crippen LogP contribution in [0.3, 0.4) is 0 Å². The van der Waals surface area contributed by atoms with Gasteiger partial charge in [0.25, 0.3) is 25.8 Å². The second-order valence-electron chi connectivity index (χ2n) is 8.84. The van der Waals surface area contributed by atoms with Gasteiger partial charge in [0.1, 0.15) is 10.6 Å². The van der Waals surface area contributed by atoms with Gasteiger partial charge in [0.05, 0.1) is 32.7 Å². The molecule has 0 heterocycles. The Hall–Kier alpha value is -3.65. The second-order valence-corrected chi connectivity index (χ2v) is 13.9. The number of phenolic OH excluding ortho intramolecular Hbond substituents is 1. The number of non-ortho nitro benzene ring substituents is 1. The van der Waals surface area contributed by atoms with Gasteiger partial charge in [-0.25, -0.2) is 16.8 Å². The van der Waals surface area contributed by atoms with E-state index in [1.54, 1.807) is 6.92 Å². The summed E-state index contributed by atoms with van der Waals surface area (Å²) < 4.78 is 91.4. The quantitative estimate of drug-likeness (QED) is 0.0722. The van der Waals surface area contributed by atoms with Crippen LogP contribution in [0, 0.1) is 10.1 Å². The van der Waals surface area contributed by atoms with Gasteiger partial charge in [0.15, 0.2) is 21.3 Å². The summed E-state index contributed by atoms with van der Waals surface area (Å²) in [5, 5.41) is 30.2. The van der Waals surface area contributed by atoms with Crippen LogP contribution in [0.5, 0.6) is 11.5 Å². The molecule has 0 aliphatic heterocycles. The van der Waals surface area contributed by atoms with Crippen LogP contribution in [0.25, 0.3) is 10.8 Å². The van der Waals surface area contributed by atoms with E-state index in [2.05, 4.69) is 15.0 Å². The number of azo groups is 1. The first-order chi connectivity index (χ1) is 20.0. The summed E-state index contributed by atoms with van der Waals surface area (Å²) in [6.45, 7) is 1.76. The maximum absolute atomic E-state index is 13.3. The summed E-state index contributed by atoms with van der Waals surface area (Å²) in [6, 6.07) is 12.3. The Morgan fingerprint density at radius 3 is 2.18 bits per heavy atom. The van der Waals surface area contributed by atoms with Crippen LogP contribution in [-0.2, 0) is 30.0 Å². The predicted octanol–water partition coefficient (Wildman–Crippen LogP) is 1.84. The van der Waals surface area contributed by atoms with Gasteiger partial charge < -0.3 is 11.3 Å². The Balaban J connectivity index is 0.00000353. The largest absolute Gasteiger partial charge is 1.00 e. The number of sulfonamides is 1. The average molecular weight is 675 g/mol. The number of anilines is 1. The molecule has 228 valence electrons. The van der Waals surface area contributed by atoms with E-state index in [0.29, 0.717) is 0 Å². The number of aromatic hydroxyl groups is 1. The number of nitro groups is 1. The van der Waals surface area contributed by atoms with Gasteiger partial charge in [-0.1, -0.05) is 18.2 Å². The molecule has 44 heavy (non-hydrogen) atoms. The minimum atomic E-state index is -4.72. The third kappa shape index (κ3) is 7.52. The van der Waals surface area contributed by atoms with Crippen LogP contribution in [0.4, 0.5) is 22.7 Å². The van der Waals surface area contributed by atoms with Crippen molar-refractivity contribution in [1.29, 1.82) is 0 Å². The topological polar surface area (TPSA) is 232 Å². The number of nitro benzene ring substituents is 1. The first kappa shape index (κ1) is 34.8. The van der Waals surface area contributed by atoms with Gasteiger partial charge in [-0.2, -0.15) is 8.42 Å². The molecule has 4 rings (SSSR count). The smallest absolute Gasteiger partial charge is 1.00 e. The van der Waals surface area contributed by atoms with Crippen LogP contribution in [0.15, 0.2) is 91.6 Å². The molecule has 0 aromatic heterocycles.